The highest BCUT2D eigenvalue weighted by Crippen LogP contribution is 2.27. The van der Waals surface area contributed by atoms with Crippen molar-refractivity contribution in [2.75, 3.05) is 6.61 Å². The third-order valence-electron chi connectivity index (χ3n) is 3.44. The zero-order valence-electron chi connectivity index (χ0n) is 12.3. The first-order chi connectivity index (χ1) is 8.75. The van der Waals surface area contributed by atoms with E-state index in [1.807, 2.05) is 20.8 Å². The number of hydrogen-bond acceptors (Lipinski definition) is 3. The third-order valence-corrected chi connectivity index (χ3v) is 3.83. The number of thiocarbonyl (C=S) groups is 1. The molecular formula is C14H26N2O2S. The number of carbonyl (C=O) groups is 1. The van der Waals surface area contributed by atoms with Crippen molar-refractivity contribution in [3.63, 3.8) is 0 Å². The topological polar surface area (TPSA) is 64.3 Å². The van der Waals surface area contributed by atoms with E-state index in [9.17, 15) is 4.79 Å². The molecule has 0 radical (unpaired) electrons. The highest BCUT2D eigenvalue weighted by molar-refractivity contribution is 7.80. The first-order valence-electron chi connectivity index (χ1n) is 7.00. The Balaban J connectivity index is 2.62. The molecule has 0 spiro atoms. The van der Waals surface area contributed by atoms with Crippen molar-refractivity contribution in [1.29, 1.82) is 0 Å². The van der Waals surface area contributed by atoms with Crippen LogP contribution in [0.2, 0.25) is 0 Å². The van der Waals surface area contributed by atoms with Crippen molar-refractivity contribution in [2.45, 2.75) is 70.4 Å². The molecule has 5 heteroatoms. The summed E-state index contributed by atoms with van der Waals surface area (Å²) in [5.41, 5.74) is 5.05. The van der Waals surface area contributed by atoms with Gasteiger partial charge in [0.15, 0.2) is 0 Å². The van der Waals surface area contributed by atoms with Gasteiger partial charge in [0, 0.05) is 0 Å². The molecule has 0 aliphatic heterocycles. The number of rotatable bonds is 4. The summed E-state index contributed by atoms with van der Waals surface area (Å²) < 4.78 is 5.49. The summed E-state index contributed by atoms with van der Waals surface area (Å²) in [4.78, 5) is 12.4. The third kappa shape index (κ3) is 5.45. The van der Waals surface area contributed by atoms with Crippen LogP contribution in [0.3, 0.4) is 0 Å². The van der Waals surface area contributed by atoms with E-state index in [2.05, 4.69) is 5.32 Å². The molecule has 0 heterocycles. The first kappa shape index (κ1) is 16.4. The summed E-state index contributed by atoms with van der Waals surface area (Å²) in [5, 5.41) is 3.01. The van der Waals surface area contributed by atoms with Gasteiger partial charge in [-0.1, -0.05) is 37.9 Å². The monoisotopic (exact) mass is 286 g/mol. The molecule has 0 atom stereocenters. The van der Waals surface area contributed by atoms with Crippen LogP contribution >= 0.6 is 12.2 Å². The Morgan fingerprint density at radius 3 is 2.21 bits per heavy atom. The fraction of sp³-hybridized carbons (Fsp3) is 0.857. The second-order valence-electron chi connectivity index (χ2n) is 6.31. The number of amides is 1. The zero-order chi connectivity index (χ0) is 14.5. The molecule has 0 aromatic heterocycles. The van der Waals surface area contributed by atoms with Crippen LogP contribution in [0.5, 0.6) is 0 Å². The second-order valence-corrected chi connectivity index (χ2v) is 6.75. The highest BCUT2D eigenvalue weighted by atomic mass is 32.1. The molecule has 0 aromatic rings. The maximum atomic E-state index is 12.0. The standard InChI is InChI=1S/C14H26N2O2S/c1-13(2,3)18-10-11(17)16-14(12(15)19)8-6-4-5-7-9-14/h4-10H2,1-3H3,(H2,15,19)(H,16,17). The van der Waals surface area contributed by atoms with E-state index >= 15 is 0 Å². The van der Waals surface area contributed by atoms with Crippen molar-refractivity contribution in [3.05, 3.63) is 0 Å². The summed E-state index contributed by atoms with van der Waals surface area (Å²) in [6, 6.07) is 0. The zero-order valence-corrected chi connectivity index (χ0v) is 13.1. The maximum absolute atomic E-state index is 12.0. The van der Waals surface area contributed by atoms with Crippen molar-refractivity contribution in [2.24, 2.45) is 5.73 Å². The molecule has 1 amide bonds. The van der Waals surface area contributed by atoms with Crippen LogP contribution in [0.15, 0.2) is 0 Å². The summed E-state index contributed by atoms with van der Waals surface area (Å²) in [7, 11) is 0. The Morgan fingerprint density at radius 1 is 1.26 bits per heavy atom. The molecule has 3 N–H and O–H groups in total. The molecule has 0 saturated heterocycles. The van der Waals surface area contributed by atoms with Crippen molar-refractivity contribution in [3.8, 4) is 0 Å². The van der Waals surface area contributed by atoms with E-state index in [4.69, 9.17) is 22.7 Å². The SMILES string of the molecule is CC(C)(C)OCC(=O)NC1(C(N)=S)CCCCCC1. The molecule has 1 rings (SSSR count). The predicted molar refractivity (Wildman–Crippen MR) is 81.1 cm³/mol. The molecule has 19 heavy (non-hydrogen) atoms. The van der Waals surface area contributed by atoms with Crippen LogP contribution in [-0.2, 0) is 9.53 Å². The largest absolute Gasteiger partial charge is 0.391 e. The van der Waals surface area contributed by atoms with Crippen molar-refractivity contribution < 1.29 is 9.53 Å². The minimum Gasteiger partial charge on any atom is -0.391 e. The molecule has 4 nitrogen and oxygen atoms in total. The minimum atomic E-state index is -0.510. The first-order valence-corrected chi connectivity index (χ1v) is 7.41. The molecule has 110 valence electrons. The van der Waals surface area contributed by atoms with Crippen LogP contribution in [0.1, 0.15) is 59.3 Å². The molecule has 1 fully saturated rings. The van der Waals surface area contributed by atoms with Gasteiger partial charge in [0.25, 0.3) is 0 Å². The van der Waals surface area contributed by atoms with Gasteiger partial charge in [-0.2, -0.15) is 0 Å². The lowest BCUT2D eigenvalue weighted by molar-refractivity contribution is -0.131. The molecule has 1 saturated carbocycles. The van der Waals surface area contributed by atoms with E-state index in [0.29, 0.717) is 4.99 Å². The Morgan fingerprint density at radius 2 is 1.79 bits per heavy atom. The molecule has 0 bridgehead atoms. The normalized spacial score (nSPS) is 19.5. The Labute approximate surface area is 121 Å². The smallest absolute Gasteiger partial charge is 0.246 e. The molecule has 0 aromatic carbocycles. The summed E-state index contributed by atoms with van der Waals surface area (Å²) in [6.07, 6.45) is 6.14. The lowest BCUT2D eigenvalue weighted by Crippen LogP contribution is -2.57. The van der Waals surface area contributed by atoms with Gasteiger partial charge in [-0.15, -0.1) is 0 Å². The minimum absolute atomic E-state index is 0.0495. The summed E-state index contributed by atoms with van der Waals surface area (Å²) in [6.45, 7) is 5.83. The highest BCUT2D eigenvalue weighted by Gasteiger charge is 2.35. The second kappa shape index (κ2) is 6.66. The van der Waals surface area contributed by atoms with Gasteiger partial charge in [0.2, 0.25) is 5.91 Å². The van der Waals surface area contributed by atoms with E-state index in [-0.39, 0.29) is 18.1 Å². The van der Waals surface area contributed by atoms with Gasteiger partial charge in [-0.25, -0.2) is 0 Å². The lowest BCUT2D eigenvalue weighted by Gasteiger charge is -2.33. The van der Waals surface area contributed by atoms with E-state index in [0.717, 1.165) is 25.7 Å². The van der Waals surface area contributed by atoms with Crippen LogP contribution < -0.4 is 11.1 Å². The Kier molecular flexibility index (Phi) is 5.74. The molecule has 0 unspecified atom stereocenters. The van der Waals surface area contributed by atoms with Crippen LogP contribution in [-0.4, -0.2) is 28.6 Å². The van der Waals surface area contributed by atoms with Crippen LogP contribution in [0, 0.1) is 0 Å². The van der Waals surface area contributed by atoms with Gasteiger partial charge in [-0.05, 0) is 33.6 Å². The number of nitrogens with one attached hydrogen (secondary N) is 1. The van der Waals surface area contributed by atoms with Crippen molar-refractivity contribution in [1.82, 2.24) is 5.32 Å². The average molecular weight is 286 g/mol. The van der Waals surface area contributed by atoms with Gasteiger partial charge < -0.3 is 15.8 Å². The van der Waals surface area contributed by atoms with E-state index in [1.165, 1.54) is 12.8 Å². The van der Waals surface area contributed by atoms with Gasteiger partial charge in [0.1, 0.15) is 6.61 Å². The lowest BCUT2D eigenvalue weighted by atomic mass is 9.90. The van der Waals surface area contributed by atoms with Crippen LogP contribution in [0.25, 0.3) is 0 Å². The number of hydrogen-bond donors (Lipinski definition) is 2. The molecule has 1 aliphatic rings. The fourth-order valence-electron chi connectivity index (χ4n) is 2.35. The average Bonchev–Trinajstić information content (AvgIpc) is 2.52. The van der Waals surface area contributed by atoms with Crippen molar-refractivity contribution >= 4 is 23.1 Å². The van der Waals surface area contributed by atoms with Gasteiger partial charge in [0.05, 0.1) is 16.1 Å². The van der Waals surface area contributed by atoms with E-state index in [1.54, 1.807) is 0 Å². The van der Waals surface area contributed by atoms with Crippen LogP contribution in [0.4, 0.5) is 0 Å². The fourth-order valence-corrected chi connectivity index (χ4v) is 2.61. The number of carbonyl (C=O) groups excluding carboxylic acids is 1. The molecule has 1 aliphatic carbocycles. The summed E-state index contributed by atoms with van der Waals surface area (Å²) >= 11 is 5.19. The Bertz CT molecular complexity index is 329. The maximum Gasteiger partial charge on any atom is 0.246 e. The molecular weight excluding hydrogens is 260 g/mol. The quantitative estimate of drug-likeness (QED) is 0.615. The summed E-state index contributed by atoms with van der Waals surface area (Å²) in [5.74, 6) is -0.135. The van der Waals surface area contributed by atoms with Gasteiger partial charge in [-0.3, -0.25) is 4.79 Å². The predicted octanol–water partition coefficient (Wildman–Crippen LogP) is 2.30. The number of nitrogens with two attached hydrogens (primary N) is 1. The number of ether oxygens (including phenoxy) is 1. The Hall–Kier alpha value is -0.680. The van der Waals surface area contributed by atoms with E-state index < -0.39 is 5.54 Å². The van der Waals surface area contributed by atoms with Gasteiger partial charge >= 0.3 is 0 Å².